The number of aliphatic carboxylic acids is 1. The number of hydrogen-bond acceptors (Lipinski definition) is 6. The number of aryl methyl sites for hydroxylation is 1. The molecule has 0 aliphatic rings. The molecule has 3 amide bonds. The van der Waals surface area contributed by atoms with Gasteiger partial charge in [-0.1, -0.05) is 17.7 Å². The molecule has 0 aliphatic heterocycles. The molecule has 0 saturated carbocycles. The third-order valence-electron chi connectivity index (χ3n) is 4.10. The molecule has 33 heavy (non-hydrogen) atoms. The second-order valence-electron chi connectivity index (χ2n) is 6.58. The summed E-state index contributed by atoms with van der Waals surface area (Å²) in [6, 6.07) is 7.14. The summed E-state index contributed by atoms with van der Waals surface area (Å²) in [5.41, 5.74) is 8.42. The highest BCUT2D eigenvalue weighted by Gasteiger charge is 2.23. The van der Waals surface area contributed by atoms with E-state index in [0.29, 0.717) is 22.1 Å². The number of carboxylic acid groups (broad SMARTS) is 1. The van der Waals surface area contributed by atoms with Gasteiger partial charge in [0.05, 0.1) is 10.7 Å². The number of nitrogens with one attached hydrogen (secondary N) is 2. The number of hydrogen-bond donors (Lipinski definition) is 4. The summed E-state index contributed by atoms with van der Waals surface area (Å²) in [6.45, 7) is 0.842. The standard InChI is InChI=1S/C13H15FN4O6.C7H8ClN/c1-8(17-4-2-3-9(13(17)24)15-7-19)12(23)16-18(6-11(21)22)10(20)5-14;1-5-2-3-7(9)6(8)4-5/h2-4,7-8H,5-6H2,1H3,(H,15,19)(H,16,23)(H,21,22);2-4H,9H2,1H3. The highest BCUT2D eigenvalue weighted by Crippen LogP contribution is 2.18. The zero-order chi connectivity index (χ0) is 25.1. The summed E-state index contributed by atoms with van der Waals surface area (Å²) >= 11 is 5.69. The van der Waals surface area contributed by atoms with Gasteiger partial charge in [0, 0.05) is 6.20 Å². The van der Waals surface area contributed by atoms with Crippen molar-refractivity contribution in [1.82, 2.24) is 15.0 Å². The van der Waals surface area contributed by atoms with Crippen molar-refractivity contribution in [2.75, 3.05) is 24.3 Å². The van der Waals surface area contributed by atoms with E-state index in [1.807, 2.05) is 24.5 Å². The van der Waals surface area contributed by atoms with Crippen LogP contribution in [0.15, 0.2) is 41.3 Å². The molecular weight excluding hydrogens is 461 g/mol. The minimum atomic E-state index is -1.50. The Hall–Kier alpha value is -3.93. The van der Waals surface area contributed by atoms with Crippen molar-refractivity contribution in [2.45, 2.75) is 19.9 Å². The molecule has 2 aromatic rings. The van der Waals surface area contributed by atoms with Gasteiger partial charge in [-0.15, -0.1) is 0 Å². The van der Waals surface area contributed by atoms with Gasteiger partial charge in [0.1, 0.15) is 18.3 Å². The van der Waals surface area contributed by atoms with E-state index in [-0.39, 0.29) is 5.69 Å². The Morgan fingerprint density at radius 2 is 2.00 bits per heavy atom. The van der Waals surface area contributed by atoms with Crippen molar-refractivity contribution in [3.63, 3.8) is 0 Å². The lowest BCUT2D eigenvalue weighted by molar-refractivity contribution is -0.150. The molecule has 13 heteroatoms. The number of anilines is 2. The van der Waals surface area contributed by atoms with Gasteiger partial charge >= 0.3 is 5.97 Å². The van der Waals surface area contributed by atoms with Crippen LogP contribution < -0.4 is 22.0 Å². The van der Waals surface area contributed by atoms with Gasteiger partial charge in [0.2, 0.25) is 6.41 Å². The van der Waals surface area contributed by atoms with Gasteiger partial charge in [0.15, 0.2) is 6.67 Å². The van der Waals surface area contributed by atoms with Crippen molar-refractivity contribution >= 4 is 47.2 Å². The first kappa shape index (κ1) is 27.1. The lowest BCUT2D eigenvalue weighted by Crippen LogP contribution is -2.51. The molecule has 5 N–H and O–H groups in total. The number of amides is 3. The Kier molecular flexibility index (Phi) is 10.5. The molecule has 0 bridgehead atoms. The molecule has 1 heterocycles. The second kappa shape index (κ2) is 12.8. The normalized spacial score (nSPS) is 10.8. The first-order chi connectivity index (χ1) is 15.5. The Labute approximate surface area is 192 Å². The van der Waals surface area contributed by atoms with Gasteiger partial charge < -0.3 is 20.7 Å². The number of rotatable bonds is 7. The van der Waals surface area contributed by atoms with Gasteiger partial charge in [-0.2, -0.15) is 0 Å². The van der Waals surface area contributed by atoms with Crippen LogP contribution in [0.3, 0.4) is 0 Å². The molecule has 0 saturated heterocycles. The van der Waals surface area contributed by atoms with Crippen LogP contribution in [-0.2, 0) is 19.2 Å². The molecule has 1 aromatic carbocycles. The number of carbonyl (C=O) groups is 4. The third kappa shape index (κ3) is 8.26. The maximum absolute atomic E-state index is 12.4. The second-order valence-corrected chi connectivity index (χ2v) is 6.99. The van der Waals surface area contributed by atoms with Crippen LogP contribution in [0.4, 0.5) is 15.8 Å². The number of pyridine rings is 1. The van der Waals surface area contributed by atoms with Crippen molar-refractivity contribution < 1.29 is 28.7 Å². The molecule has 1 unspecified atom stereocenters. The lowest BCUT2D eigenvalue weighted by Gasteiger charge is -2.23. The molecule has 0 spiro atoms. The number of nitrogens with two attached hydrogens (primary N) is 1. The summed E-state index contributed by atoms with van der Waals surface area (Å²) < 4.78 is 13.4. The number of halogens is 2. The molecule has 11 nitrogen and oxygen atoms in total. The zero-order valence-corrected chi connectivity index (χ0v) is 18.5. The van der Waals surface area contributed by atoms with E-state index in [2.05, 4.69) is 5.32 Å². The van der Waals surface area contributed by atoms with E-state index < -0.39 is 42.6 Å². The largest absolute Gasteiger partial charge is 0.480 e. The summed E-state index contributed by atoms with van der Waals surface area (Å²) in [5.74, 6) is -3.62. The van der Waals surface area contributed by atoms with E-state index in [4.69, 9.17) is 22.4 Å². The van der Waals surface area contributed by atoms with E-state index in [0.717, 1.165) is 10.1 Å². The molecule has 0 radical (unpaired) electrons. The van der Waals surface area contributed by atoms with Crippen LogP contribution in [0, 0.1) is 6.92 Å². The first-order valence-corrected chi connectivity index (χ1v) is 9.71. The molecule has 178 valence electrons. The predicted molar refractivity (Wildman–Crippen MR) is 119 cm³/mol. The number of alkyl halides is 1. The summed E-state index contributed by atoms with van der Waals surface area (Å²) in [6.07, 6.45) is 1.56. The number of nitrogens with zero attached hydrogens (tertiary/aromatic N) is 2. The topological polar surface area (TPSA) is 164 Å². The SMILES string of the molecule is CC(C(=O)NN(CC(=O)O)C(=O)CF)n1cccc(NC=O)c1=O.Cc1ccc(N)c(Cl)c1. The van der Waals surface area contributed by atoms with Crippen LogP contribution >= 0.6 is 11.6 Å². The smallest absolute Gasteiger partial charge is 0.325 e. The van der Waals surface area contributed by atoms with Crippen LogP contribution in [0.25, 0.3) is 0 Å². The van der Waals surface area contributed by atoms with Crippen LogP contribution in [0.2, 0.25) is 5.02 Å². The van der Waals surface area contributed by atoms with Crippen molar-refractivity contribution in [3.05, 3.63) is 57.5 Å². The highest BCUT2D eigenvalue weighted by molar-refractivity contribution is 6.33. The molecule has 2 rings (SSSR count). The predicted octanol–water partition coefficient (Wildman–Crippen LogP) is 1.12. The molecule has 1 atom stereocenters. The Morgan fingerprint density at radius 3 is 2.52 bits per heavy atom. The van der Waals surface area contributed by atoms with Gasteiger partial charge in [0.25, 0.3) is 17.4 Å². The van der Waals surface area contributed by atoms with Gasteiger partial charge in [-0.25, -0.2) is 9.40 Å². The minimum absolute atomic E-state index is 0.0747. The van der Waals surface area contributed by atoms with E-state index >= 15 is 0 Å². The summed E-state index contributed by atoms with van der Waals surface area (Å²) in [5, 5.41) is 11.8. The van der Waals surface area contributed by atoms with E-state index in [1.54, 1.807) is 6.07 Å². The van der Waals surface area contributed by atoms with E-state index in [9.17, 15) is 28.4 Å². The average molecular weight is 484 g/mol. The number of hydrazine groups is 1. The fraction of sp³-hybridized carbons (Fsp3) is 0.250. The number of carboxylic acids is 1. The van der Waals surface area contributed by atoms with Crippen LogP contribution in [-0.4, -0.2) is 52.1 Å². The molecular formula is C20H23ClFN5O6. The lowest BCUT2D eigenvalue weighted by atomic mass is 10.2. The zero-order valence-electron chi connectivity index (χ0n) is 17.7. The van der Waals surface area contributed by atoms with Crippen molar-refractivity contribution in [3.8, 4) is 0 Å². The monoisotopic (exact) mass is 483 g/mol. The Balaban J connectivity index is 0.000000502. The van der Waals surface area contributed by atoms with Crippen LogP contribution in [0.1, 0.15) is 18.5 Å². The highest BCUT2D eigenvalue weighted by atomic mass is 35.5. The fourth-order valence-corrected chi connectivity index (χ4v) is 2.61. The quantitative estimate of drug-likeness (QED) is 0.260. The Morgan fingerprint density at radius 1 is 1.33 bits per heavy atom. The molecule has 0 aliphatic carbocycles. The number of nitrogen functional groups attached to an aromatic ring is 1. The van der Waals surface area contributed by atoms with Crippen molar-refractivity contribution in [2.24, 2.45) is 0 Å². The minimum Gasteiger partial charge on any atom is -0.480 e. The number of carbonyl (C=O) groups excluding carboxylic acids is 3. The first-order valence-electron chi connectivity index (χ1n) is 9.33. The number of benzene rings is 1. The maximum Gasteiger partial charge on any atom is 0.325 e. The number of aromatic nitrogens is 1. The maximum atomic E-state index is 12.4. The summed E-state index contributed by atoms with van der Waals surface area (Å²) in [7, 11) is 0. The fourth-order valence-electron chi connectivity index (χ4n) is 2.37. The summed E-state index contributed by atoms with van der Waals surface area (Å²) in [4.78, 5) is 56.6. The molecule has 0 fully saturated rings. The third-order valence-corrected chi connectivity index (χ3v) is 4.42. The average Bonchev–Trinajstić information content (AvgIpc) is 2.76. The Bertz CT molecular complexity index is 1080. The van der Waals surface area contributed by atoms with Crippen LogP contribution in [0.5, 0.6) is 0 Å². The van der Waals surface area contributed by atoms with Gasteiger partial charge in [-0.3, -0.25) is 29.4 Å². The van der Waals surface area contributed by atoms with Gasteiger partial charge in [-0.05, 0) is 43.7 Å². The van der Waals surface area contributed by atoms with Crippen molar-refractivity contribution in [1.29, 1.82) is 0 Å². The molecule has 1 aromatic heterocycles. The van der Waals surface area contributed by atoms with E-state index in [1.165, 1.54) is 25.3 Å².